The largest absolute Gasteiger partial charge is 0.374 e. The third-order valence-electron chi connectivity index (χ3n) is 4.59. The van der Waals surface area contributed by atoms with Gasteiger partial charge < -0.3 is 15.0 Å². The van der Waals surface area contributed by atoms with Crippen LogP contribution in [0.1, 0.15) is 31.2 Å². The number of rotatable bonds is 9. The highest BCUT2D eigenvalue weighted by Gasteiger charge is 2.30. The lowest BCUT2D eigenvalue weighted by molar-refractivity contribution is -0.0463. The Bertz CT molecular complexity index is 412. The number of benzene rings is 1. The van der Waals surface area contributed by atoms with Gasteiger partial charge in [-0.05, 0) is 44.2 Å². The van der Waals surface area contributed by atoms with Gasteiger partial charge in [-0.1, -0.05) is 30.3 Å². The minimum absolute atomic E-state index is 0.480. The number of hydrogen-bond acceptors (Lipinski definition) is 3. The van der Waals surface area contributed by atoms with Crippen molar-refractivity contribution < 1.29 is 4.74 Å². The summed E-state index contributed by atoms with van der Waals surface area (Å²) >= 11 is 0. The van der Waals surface area contributed by atoms with E-state index in [0.717, 1.165) is 25.1 Å². The molecule has 2 aliphatic carbocycles. The number of likely N-dealkylation sites (N-methyl/N-ethyl adjacent to an activating group) is 1. The molecule has 0 aliphatic heterocycles. The maximum absolute atomic E-state index is 5.97. The van der Waals surface area contributed by atoms with Crippen LogP contribution in [0.2, 0.25) is 0 Å². The van der Waals surface area contributed by atoms with Crippen molar-refractivity contribution in [1.29, 1.82) is 0 Å². The molecule has 3 heteroatoms. The molecule has 0 spiro atoms. The molecule has 0 saturated heterocycles. The van der Waals surface area contributed by atoms with Crippen molar-refractivity contribution in [2.75, 3.05) is 26.7 Å². The third kappa shape index (κ3) is 5.10. The predicted molar refractivity (Wildman–Crippen MR) is 86.3 cm³/mol. The molecule has 0 aromatic heterocycles. The van der Waals surface area contributed by atoms with E-state index in [0.29, 0.717) is 6.10 Å². The van der Waals surface area contributed by atoms with E-state index in [4.69, 9.17) is 4.74 Å². The summed E-state index contributed by atoms with van der Waals surface area (Å²) in [5.74, 6) is 0.830. The highest BCUT2D eigenvalue weighted by Crippen LogP contribution is 2.31. The second-order valence-electron chi connectivity index (χ2n) is 6.75. The van der Waals surface area contributed by atoms with Crippen molar-refractivity contribution in [3.05, 3.63) is 35.9 Å². The standard InChI is InChI=1S/C18H28N2O/c1-20(10-9-19-17-7-8-17)13-16-11-18(12-16)21-14-15-5-3-2-4-6-15/h2-6,16-19H,7-14H2,1H3. The van der Waals surface area contributed by atoms with Crippen molar-refractivity contribution in [3.8, 4) is 0 Å². The van der Waals surface area contributed by atoms with Crippen LogP contribution >= 0.6 is 0 Å². The predicted octanol–water partition coefficient (Wildman–Crippen LogP) is 2.67. The fourth-order valence-corrected chi connectivity index (χ4v) is 3.03. The summed E-state index contributed by atoms with van der Waals surface area (Å²) in [5, 5.41) is 3.58. The molecule has 0 atom stereocenters. The van der Waals surface area contributed by atoms with Gasteiger partial charge in [-0.15, -0.1) is 0 Å². The highest BCUT2D eigenvalue weighted by molar-refractivity contribution is 5.13. The van der Waals surface area contributed by atoms with Gasteiger partial charge in [-0.3, -0.25) is 0 Å². The minimum atomic E-state index is 0.480. The van der Waals surface area contributed by atoms with E-state index < -0.39 is 0 Å². The first kappa shape index (κ1) is 15.0. The van der Waals surface area contributed by atoms with Gasteiger partial charge in [0.2, 0.25) is 0 Å². The zero-order valence-corrected chi connectivity index (χ0v) is 13.1. The van der Waals surface area contributed by atoms with Gasteiger partial charge in [0.05, 0.1) is 12.7 Å². The van der Waals surface area contributed by atoms with Gasteiger partial charge in [0.15, 0.2) is 0 Å². The molecule has 1 aromatic carbocycles. The molecular formula is C18H28N2O. The lowest BCUT2D eigenvalue weighted by atomic mass is 9.82. The smallest absolute Gasteiger partial charge is 0.0720 e. The molecule has 116 valence electrons. The Labute approximate surface area is 128 Å². The van der Waals surface area contributed by atoms with E-state index in [2.05, 4.69) is 47.6 Å². The second-order valence-corrected chi connectivity index (χ2v) is 6.75. The topological polar surface area (TPSA) is 24.5 Å². The molecule has 2 saturated carbocycles. The Kier molecular flexibility index (Phi) is 5.28. The monoisotopic (exact) mass is 288 g/mol. The van der Waals surface area contributed by atoms with Gasteiger partial charge in [0.1, 0.15) is 0 Å². The zero-order chi connectivity index (χ0) is 14.5. The Hall–Kier alpha value is -0.900. The molecule has 1 aromatic rings. The molecule has 0 bridgehead atoms. The molecule has 0 unspecified atom stereocenters. The number of hydrogen-bond donors (Lipinski definition) is 1. The SMILES string of the molecule is CN(CCNC1CC1)CC1CC(OCc2ccccc2)C1. The van der Waals surface area contributed by atoms with E-state index in [1.165, 1.54) is 44.3 Å². The second kappa shape index (κ2) is 7.39. The quantitative estimate of drug-likeness (QED) is 0.756. The normalized spacial score (nSPS) is 25.0. The summed E-state index contributed by atoms with van der Waals surface area (Å²) in [4.78, 5) is 2.47. The fraction of sp³-hybridized carbons (Fsp3) is 0.667. The van der Waals surface area contributed by atoms with Crippen LogP contribution in [0.25, 0.3) is 0 Å². The minimum Gasteiger partial charge on any atom is -0.374 e. The van der Waals surface area contributed by atoms with E-state index >= 15 is 0 Å². The Balaban J connectivity index is 1.23. The number of ether oxygens (including phenoxy) is 1. The average Bonchev–Trinajstić information content (AvgIpc) is 3.26. The van der Waals surface area contributed by atoms with Crippen LogP contribution in [-0.2, 0) is 11.3 Å². The lowest BCUT2D eigenvalue weighted by Gasteiger charge is -2.37. The summed E-state index contributed by atoms with van der Waals surface area (Å²) in [7, 11) is 2.24. The van der Waals surface area contributed by atoms with Gasteiger partial charge >= 0.3 is 0 Å². The van der Waals surface area contributed by atoms with E-state index in [9.17, 15) is 0 Å². The zero-order valence-electron chi connectivity index (χ0n) is 13.1. The molecule has 0 amide bonds. The third-order valence-corrected chi connectivity index (χ3v) is 4.59. The van der Waals surface area contributed by atoms with Gasteiger partial charge in [-0.25, -0.2) is 0 Å². The molecular weight excluding hydrogens is 260 g/mol. The molecule has 3 rings (SSSR count). The Morgan fingerprint density at radius 2 is 1.95 bits per heavy atom. The average molecular weight is 288 g/mol. The van der Waals surface area contributed by atoms with Crippen LogP contribution in [0.3, 0.4) is 0 Å². The Morgan fingerprint density at radius 3 is 2.67 bits per heavy atom. The van der Waals surface area contributed by atoms with E-state index in [1.54, 1.807) is 0 Å². The van der Waals surface area contributed by atoms with E-state index in [-0.39, 0.29) is 0 Å². The van der Waals surface area contributed by atoms with Crippen LogP contribution in [-0.4, -0.2) is 43.7 Å². The van der Waals surface area contributed by atoms with Crippen LogP contribution in [0.4, 0.5) is 0 Å². The van der Waals surface area contributed by atoms with Crippen molar-refractivity contribution in [2.45, 2.75) is 44.4 Å². The Morgan fingerprint density at radius 1 is 1.19 bits per heavy atom. The van der Waals surface area contributed by atoms with Crippen molar-refractivity contribution in [3.63, 3.8) is 0 Å². The van der Waals surface area contributed by atoms with Crippen molar-refractivity contribution in [1.82, 2.24) is 10.2 Å². The van der Waals surface area contributed by atoms with Gasteiger partial charge in [-0.2, -0.15) is 0 Å². The molecule has 1 N–H and O–H groups in total. The summed E-state index contributed by atoms with van der Waals surface area (Å²) in [6.45, 7) is 4.29. The molecule has 2 aliphatic rings. The molecule has 0 radical (unpaired) electrons. The summed E-state index contributed by atoms with van der Waals surface area (Å²) < 4.78 is 5.97. The molecule has 3 nitrogen and oxygen atoms in total. The van der Waals surface area contributed by atoms with Crippen LogP contribution in [0.15, 0.2) is 30.3 Å². The van der Waals surface area contributed by atoms with Gasteiger partial charge in [0, 0.05) is 25.7 Å². The van der Waals surface area contributed by atoms with Crippen LogP contribution in [0.5, 0.6) is 0 Å². The number of nitrogens with one attached hydrogen (secondary N) is 1. The van der Waals surface area contributed by atoms with Gasteiger partial charge in [0.25, 0.3) is 0 Å². The summed E-state index contributed by atoms with van der Waals surface area (Å²) in [5.41, 5.74) is 1.28. The van der Waals surface area contributed by atoms with Crippen molar-refractivity contribution in [2.24, 2.45) is 5.92 Å². The molecule has 0 heterocycles. The molecule has 2 fully saturated rings. The lowest BCUT2D eigenvalue weighted by Crippen LogP contribution is -2.40. The first-order valence-corrected chi connectivity index (χ1v) is 8.37. The van der Waals surface area contributed by atoms with Crippen LogP contribution < -0.4 is 5.32 Å². The maximum Gasteiger partial charge on any atom is 0.0720 e. The molecule has 21 heavy (non-hydrogen) atoms. The maximum atomic E-state index is 5.97. The van der Waals surface area contributed by atoms with Crippen molar-refractivity contribution >= 4 is 0 Å². The summed E-state index contributed by atoms with van der Waals surface area (Å²) in [6, 6.07) is 11.3. The first-order chi connectivity index (χ1) is 10.3. The van der Waals surface area contributed by atoms with E-state index in [1.807, 2.05) is 0 Å². The summed E-state index contributed by atoms with van der Waals surface area (Å²) in [6.07, 6.45) is 5.70. The van der Waals surface area contributed by atoms with Crippen LogP contribution in [0, 0.1) is 5.92 Å². The number of nitrogens with zero attached hydrogens (tertiary/aromatic N) is 1. The highest BCUT2D eigenvalue weighted by atomic mass is 16.5. The fourth-order valence-electron chi connectivity index (χ4n) is 3.03. The first-order valence-electron chi connectivity index (χ1n) is 8.37.